The molecule has 1 aromatic heterocycles. The molecule has 6 heteroatoms. The van der Waals surface area contributed by atoms with E-state index in [1.165, 1.54) is 24.5 Å². The van der Waals surface area contributed by atoms with Crippen molar-refractivity contribution < 1.29 is 4.39 Å². The van der Waals surface area contributed by atoms with Crippen LogP contribution in [0.1, 0.15) is 0 Å². The lowest BCUT2D eigenvalue weighted by atomic mass is 10.1. The third-order valence-electron chi connectivity index (χ3n) is 2.32. The molecule has 1 heterocycles. The number of halogens is 2. The summed E-state index contributed by atoms with van der Waals surface area (Å²) in [5.74, 6) is 0.229. The minimum atomic E-state index is -0.372. The number of nitrogens with two attached hydrogens (primary N) is 1. The van der Waals surface area contributed by atoms with E-state index >= 15 is 0 Å². The van der Waals surface area contributed by atoms with E-state index in [4.69, 9.17) is 17.3 Å². The first kappa shape index (κ1) is 12.7. The lowest BCUT2D eigenvalue weighted by Crippen LogP contribution is -2.14. The van der Waals surface area contributed by atoms with Gasteiger partial charge in [-0.25, -0.2) is 14.4 Å². The lowest BCUT2D eigenvalue weighted by Gasteiger charge is -2.06. The van der Waals surface area contributed by atoms with Crippen LogP contribution in [-0.4, -0.2) is 23.1 Å². The highest BCUT2D eigenvalue weighted by molar-refractivity contribution is 6.30. The van der Waals surface area contributed by atoms with Gasteiger partial charge >= 0.3 is 0 Å². The maximum atomic E-state index is 13.7. The van der Waals surface area contributed by atoms with Crippen molar-refractivity contribution in [2.45, 2.75) is 0 Å². The lowest BCUT2D eigenvalue weighted by molar-refractivity contribution is 0.630. The number of hydrogen-bond donors (Lipinski definition) is 2. The average Bonchev–Trinajstić information content (AvgIpc) is 2.39. The smallest absolute Gasteiger partial charge is 0.132 e. The van der Waals surface area contributed by atoms with Crippen LogP contribution in [0, 0.1) is 5.82 Å². The van der Waals surface area contributed by atoms with Crippen LogP contribution in [0.4, 0.5) is 10.2 Å². The fraction of sp³-hybridized carbons (Fsp3) is 0.167. The number of aromatic nitrogens is 2. The predicted molar refractivity (Wildman–Crippen MR) is 70.0 cm³/mol. The van der Waals surface area contributed by atoms with Gasteiger partial charge in [-0.2, -0.15) is 0 Å². The summed E-state index contributed by atoms with van der Waals surface area (Å²) >= 11 is 5.85. The van der Waals surface area contributed by atoms with Gasteiger partial charge in [0.05, 0.1) is 5.69 Å². The molecule has 0 aliphatic rings. The highest BCUT2D eigenvalue weighted by Gasteiger charge is 2.08. The molecular formula is C12H12ClFN4. The van der Waals surface area contributed by atoms with Gasteiger partial charge in [0.15, 0.2) is 0 Å². The Labute approximate surface area is 109 Å². The minimum Gasteiger partial charge on any atom is -0.369 e. The van der Waals surface area contributed by atoms with Gasteiger partial charge in [0.25, 0.3) is 0 Å². The molecular weight excluding hydrogens is 255 g/mol. The van der Waals surface area contributed by atoms with Crippen molar-refractivity contribution in [2.24, 2.45) is 5.73 Å². The van der Waals surface area contributed by atoms with Crippen LogP contribution in [0.2, 0.25) is 5.02 Å². The molecule has 2 aromatic rings. The molecule has 94 valence electrons. The van der Waals surface area contributed by atoms with Crippen LogP contribution in [0.5, 0.6) is 0 Å². The van der Waals surface area contributed by atoms with Crippen molar-refractivity contribution in [3.05, 3.63) is 41.4 Å². The van der Waals surface area contributed by atoms with E-state index in [1.807, 2.05) is 0 Å². The molecule has 0 bridgehead atoms. The molecule has 0 unspecified atom stereocenters. The molecule has 0 spiro atoms. The van der Waals surface area contributed by atoms with Crippen LogP contribution in [0.15, 0.2) is 30.6 Å². The number of nitrogens with one attached hydrogen (secondary N) is 1. The summed E-state index contributed by atoms with van der Waals surface area (Å²) in [6, 6.07) is 6.00. The van der Waals surface area contributed by atoms with Crippen LogP contribution in [0.3, 0.4) is 0 Å². The van der Waals surface area contributed by atoms with Crippen molar-refractivity contribution in [3.8, 4) is 11.3 Å². The molecule has 0 atom stereocenters. The molecule has 0 aliphatic heterocycles. The second kappa shape index (κ2) is 5.75. The minimum absolute atomic E-state index is 0.348. The molecule has 3 N–H and O–H groups in total. The molecule has 4 nitrogen and oxygen atoms in total. The molecule has 0 amide bonds. The van der Waals surface area contributed by atoms with Gasteiger partial charge in [-0.3, -0.25) is 0 Å². The summed E-state index contributed by atoms with van der Waals surface area (Å²) in [6.45, 7) is 1.08. The Kier molecular flexibility index (Phi) is 4.07. The summed E-state index contributed by atoms with van der Waals surface area (Å²) < 4.78 is 13.7. The molecule has 0 radical (unpaired) electrons. The zero-order valence-electron chi connectivity index (χ0n) is 9.53. The first-order valence-electron chi connectivity index (χ1n) is 5.42. The Morgan fingerprint density at radius 3 is 2.89 bits per heavy atom. The van der Waals surface area contributed by atoms with Gasteiger partial charge in [0, 0.05) is 29.7 Å². The quantitative estimate of drug-likeness (QED) is 0.891. The van der Waals surface area contributed by atoms with Gasteiger partial charge in [0.1, 0.15) is 18.0 Å². The van der Waals surface area contributed by atoms with E-state index in [1.54, 1.807) is 6.07 Å². The summed E-state index contributed by atoms with van der Waals surface area (Å²) in [4.78, 5) is 8.06. The largest absolute Gasteiger partial charge is 0.369 e. The zero-order chi connectivity index (χ0) is 13.0. The SMILES string of the molecule is NCCNc1cc(-c2cc(Cl)ccc2F)ncn1. The molecule has 2 rings (SSSR count). The highest BCUT2D eigenvalue weighted by atomic mass is 35.5. The molecule has 0 saturated heterocycles. The number of anilines is 1. The van der Waals surface area contributed by atoms with Gasteiger partial charge < -0.3 is 11.1 Å². The van der Waals surface area contributed by atoms with Crippen molar-refractivity contribution in [1.82, 2.24) is 9.97 Å². The third-order valence-corrected chi connectivity index (χ3v) is 2.56. The number of benzene rings is 1. The summed E-state index contributed by atoms with van der Waals surface area (Å²) in [5, 5.41) is 3.47. The summed E-state index contributed by atoms with van der Waals surface area (Å²) in [7, 11) is 0. The number of nitrogens with zero attached hydrogens (tertiary/aromatic N) is 2. The van der Waals surface area contributed by atoms with E-state index in [-0.39, 0.29) is 5.82 Å². The third kappa shape index (κ3) is 2.94. The summed E-state index contributed by atoms with van der Waals surface area (Å²) in [5.41, 5.74) is 6.21. The first-order valence-corrected chi connectivity index (χ1v) is 5.80. The average molecular weight is 267 g/mol. The molecule has 18 heavy (non-hydrogen) atoms. The highest BCUT2D eigenvalue weighted by Crippen LogP contribution is 2.25. The van der Waals surface area contributed by atoms with Gasteiger partial charge in [0.2, 0.25) is 0 Å². The maximum Gasteiger partial charge on any atom is 0.132 e. The van der Waals surface area contributed by atoms with Gasteiger partial charge in [-0.15, -0.1) is 0 Å². The van der Waals surface area contributed by atoms with Crippen molar-refractivity contribution in [3.63, 3.8) is 0 Å². The van der Waals surface area contributed by atoms with Crippen LogP contribution >= 0.6 is 11.6 Å². The molecule has 0 saturated carbocycles. The zero-order valence-corrected chi connectivity index (χ0v) is 10.3. The Morgan fingerprint density at radius 2 is 2.11 bits per heavy atom. The van der Waals surface area contributed by atoms with E-state index in [0.29, 0.717) is 35.2 Å². The van der Waals surface area contributed by atoms with Crippen LogP contribution in [-0.2, 0) is 0 Å². The van der Waals surface area contributed by atoms with Gasteiger partial charge in [-0.05, 0) is 18.2 Å². The number of rotatable bonds is 4. The second-order valence-corrected chi connectivity index (χ2v) is 4.06. The standard InChI is InChI=1S/C12H12ClFN4/c13-8-1-2-10(14)9(5-8)11-6-12(16-4-3-15)18-7-17-11/h1-2,5-7H,3-4,15H2,(H,16,17,18). The topological polar surface area (TPSA) is 63.8 Å². The van der Waals surface area contributed by atoms with Crippen molar-refractivity contribution >= 4 is 17.4 Å². The fourth-order valence-corrected chi connectivity index (χ4v) is 1.67. The Hall–Kier alpha value is -1.72. The fourth-order valence-electron chi connectivity index (χ4n) is 1.50. The van der Waals surface area contributed by atoms with E-state index in [9.17, 15) is 4.39 Å². The number of hydrogen-bond acceptors (Lipinski definition) is 4. The molecule has 0 aliphatic carbocycles. The predicted octanol–water partition coefficient (Wildman–Crippen LogP) is 2.31. The molecule has 1 aromatic carbocycles. The Bertz CT molecular complexity index is 547. The van der Waals surface area contributed by atoms with E-state index in [0.717, 1.165) is 0 Å². The van der Waals surface area contributed by atoms with Crippen molar-refractivity contribution in [1.29, 1.82) is 0 Å². The van der Waals surface area contributed by atoms with Crippen LogP contribution in [0.25, 0.3) is 11.3 Å². The van der Waals surface area contributed by atoms with E-state index < -0.39 is 0 Å². The Morgan fingerprint density at radius 1 is 1.28 bits per heavy atom. The normalized spacial score (nSPS) is 10.4. The molecule has 0 fully saturated rings. The van der Waals surface area contributed by atoms with E-state index in [2.05, 4.69) is 15.3 Å². The van der Waals surface area contributed by atoms with Crippen molar-refractivity contribution in [2.75, 3.05) is 18.4 Å². The first-order chi connectivity index (χ1) is 8.70. The van der Waals surface area contributed by atoms with Crippen LogP contribution < -0.4 is 11.1 Å². The maximum absolute atomic E-state index is 13.7. The Balaban J connectivity index is 2.35. The monoisotopic (exact) mass is 266 g/mol. The summed E-state index contributed by atoms with van der Waals surface area (Å²) in [6.07, 6.45) is 1.37. The van der Waals surface area contributed by atoms with Gasteiger partial charge in [-0.1, -0.05) is 11.6 Å². The second-order valence-electron chi connectivity index (χ2n) is 3.63.